The van der Waals surface area contributed by atoms with Crippen LogP contribution in [0.15, 0.2) is 42.7 Å². The van der Waals surface area contributed by atoms with Gasteiger partial charge in [-0.15, -0.1) is 0 Å². The third-order valence-corrected chi connectivity index (χ3v) is 3.97. The van der Waals surface area contributed by atoms with E-state index in [-0.39, 0.29) is 6.61 Å². The summed E-state index contributed by atoms with van der Waals surface area (Å²) in [5.41, 5.74) is 2.30. The number of hydrogen-bond donors (Lipinski definition) is 1. The van der Waals surface area contributed by atoms with Crippen molar-refractivity contribution in [3.8, 4) is 0 Å². The van der Waals surface area contributed by atoms with Crippen LogP contribution in [0.3, 0.4) is 0 Å². The lowest BCUT2D eigenvalue weighted by molar-refractivity contribution is -0.119. The van der Waals surface area contributed by atoms with Gasteiger partial charge in [-0.05, 0) is 36.8 Å². The zero-order valence-corrected chi connectivity index (χ0v) is 13.1. The fraction of sp³-hybridized carbons (Fsp3) is 0.125. The molecule has 0 spiro atoms. The summed E-state index contributed by atoms with van der Waals surface area (Å²) >= 11 is 1.38. The molecular weight excluding hydrogens is 314 g/mol. The molecule has 7 heteroatoms. The number of benzene rings is 1. The van der Waals surface area contributed by atoms with Gasteiger partial charge < -0.3 is 4.74 Å². The number of aryl methyl sites for hydroxylation is 1. The Hall–Kier alpha value is -2.80. The molecule has 116 valence electrons. The Morgan fingerprint density at radius 3 is 2.78 bits per heavy atom. The van der Waals surface area contributed by atoms with Crippen LogP contribution in [0.4, 0.5) is 5.13 Å². The zero-order valence-electron chi connectivity index (χ0n) is 12.3. The molecule has 0 aliphatic carbocycles. The van der Waals surface area contributed by atoms with Crippen LogP contribution in [-0.2, 0) is 9.53 Å². The number of aromatic nitrogens is 2. The molecule has 0 radical (unpaired) electrons. The lowest BCUT2D eigenvalue weighted by Gasteiger charge is -2.04. The van der Waals surface area contributed by atoms with E-state index in [1.165, 1.54) is 35.9 Å². The zero-order chi connectivity index (χ0) is 16.2. The topological polar surface area (TPSA) is 81.2 Å². The Labute approximate surface area is 136 Å². The number of ether oxygens (including phenoxy) is 1. The Kier molecular flexibility index (Phi) is 4.29. The molecule has 0 unspecified atom stereocenters. The van der Waals surface area contributed by atoms with Crippen molar-refractivity contribution in [2.24, 2.45) is 0 Å². The van der Waals surface area contributed by atoms with E-state index in [4.69, 9.17) is 4.74 Å². The number of rotatable bonds is 4. The minimum Gasteiger partial charge on any atom is -0.452 e. The summed E-state index contributed by atoms with van der Waals surface area (Å²) in [5, 5.41) is 3.12. The first-order valence-electron chi connectivity index (χ1n) is 6.86. The Morgan fingerprint density at radius 1 is 1.22 bits per heavy atom. The Balaban J connectivity index is 1.59. The highest BCUT2D eigenvalue weighted by molar-refractivity contribution is 7.22. The molecular formula is C16H13N3O3S. The van der Waals surface area contributed by atoms with E-state index in [1.54, 1.807) is 0 Å². The van der Waals surface area contributed by atoms with Crippen LogP contribution in [0.25, 0.3) is 10.2 Å². The second-order valence-electron chi connectivity index (χ2n) is 4.85. The van der Waals surface area contributed by atoms with E-state index in [9.17, 15) is 9.59 Å². The van der Waals surface area contributed by atoms with Crippen LogP contribution < -0.4 is 5.32 Å². The fourth-order valence-corrected chi connectivity index (χ4v) is 2.92. The van der Waals surface area contributed by atoms with Gasteiger partial charge >= 0.3 is 5.97 Å². The van der Waals surface area contributed by atoms with E-state index < -0.39 is 11.9 Å². The first kappa shape index (κ1) is 15.1. The molecule has 0 saturated heterocycles. The average molecular weight is 327 g/mol. The summed E-state index contributed by atoms with van der Waals surface area (Å²) in [6.45, 7) is 1.63. The Morgan fingerprint density at radius 2 is 2.00 bits per heavy atom. The van der Waals surface area contributed by atoms with Crippen LogP contribution in [0.1, 0.15) is 15.9 Å². The number of anilines is 1. The molecule has 0 bridgehead atoms. The second kappa shape index (κ2) is 6.53. The monoisotopic (exact) mass is 327 g/mol. The predicted octanol–water partition coefficient (Wildman–Crippen LogP) is 2.80. The molecule has 0 saturated carbocycles. The molecule has 0 aliphatic rings. The van der Waals surface area contributed by atoms with Gasteiger partial charge in [0.25, 0.3) is 5.91 Å². The molecule has 3 aromatic rings. The van der Waals surface area contributed by atoms with Crippen LogP contribution >= 0.6 is 11.3 Å². The number of carbonyl (C=O) groups is 2. The maximum absolute atomic E-state index is 11.9. The molecule has 1 amide bonds. The smallest absolute Gasteiger partial charge is 0.338 e. The summed E-state index contributed by atoms with van der Waals surface area (Å²) in [4.78, 5) is 31.7. The van der Waals surface area contributed by atoms with Crippen LogP contribution in [0, 0.1) is 6.92 Å². The van der Waals surface area contributed by atoms with E-state index >= 15 is 0 Å². The third-order valence-electron chi connectivity index (χ3n) is 3.04. The van der Waals surface area contributed by atoms with Gasteiger partial charge in [0, 0.05) is 12.4 Å². The van der Waals surface area contributed by atoms with Gasteiger partial charge in [0.15, 0.2) is 11.7 Å². The lowest BCUT2D eigenvalue weighted by atomic mass is 10.2. The number of hydrogen-bond acceptors (Lipinski definition) is 6. The predicted molar refractivity (Wildman–Crippen MR) is 87.5 cm³/mol. The van der Waals surface area contributed by atoms with Crippen molar-refractivity contribution in [1.29, 1.82) is 0 Å². The number of fused-ring (bicyclic) bond motifs is 1. The minimum atomic E-state index is -0.567. The molecule has 6 nitrogen and oxygen atoms in total. The summed E-state index contributed by atoms with van der Waals surface area (Å²) in [6.07, 6.45) is 2.97. The molecule has 1 aromatic carbocycles. The standard InChI is InChI=1S/C16H13N3O3S/c1-10-2-3-12-13(8-10)23-16(18-12)19-14(20)9-22-15(21)11-4-6-17-7-5-11/h2-8H,9H2,1H3,(H,18,19,20). The van der Waals surface area contributed by atoms with Gasteiger partial charge in [-0.1, -0.05) is 17.4 Å². The number of carbonyl (C=O) groups excluding carboxylic acids is 2. The van der Waals surface area contributed by atoms with E-state index in [1.807, 2.05) is 25.1 Å². The van der Waals surface area contributed by atoms with E-state index in [2.05, 4.69) is 15.3 Å². The van der Waals surface area contributed by atoms with Crippen molar-refractivity contribution in [3.05, 3.63) is 53.9 Å². The van der Waals surface area contributed by atoms with Crippen molar-refractivity contribution in [2.75, 3.05) is 11.9 Å². The number of esters is 1. The minimum absolute atomic E-state index is 0.350. The molecule has 2 aromatic heterocycles. The number of nitrogens with zero attached hydrogens (tertiary/aromatic N) is 2. The van der Waals surface area contributed by atoms with Gasteiger partial charge in [0.05, 0.1) is 15.8 Å². The van der Waals surface area contributed by atoms with Crippen LogP contribution in [0.2, 0.25) is 0 Å². The highest BCUT2D eigenvalue weighted by Crippen LogP contribution is 2.26. The normalized spacial score (nSPS) is 10.5. The summed E-state index contributed by atoms with van der Waals surface area (Å²) < 4.78 is 5.95. The largest absolute Gasteiger partial charge is 0.452 e. The van der Waals surface area contributed by atoms with Gasteiger partial charge in [-0.3, -0.25) is 15.1 Å². The Bertz CT molecular complexity index is 861. The second-order valence-corrected chi connectivity index (χ2v) is 5.88. The first-order valence-corrected chi connectivity index (χ1v) is 7.68. The molecule has 0 fully saturated rings. The van der Waals surface area contributed by atoms with Crippen molar-refractivity contribution in [1.82, 2.24) is 9.97 Å². The van der Waals surface area contributed by atoms with Crippen molar-refractivity contribution in [2.45, 2.75) is 6.92 Å². The van der Waals surface area contributed by atoms with E-state index in [0.717, 1.165) is 15.8 Å². The summed E-state index contributed by atoms with van der Waals surface area (Å²) in [6, 6.07) is 8.92. The summed E-state index contributed by atoms with van der Waals surface area (Å²) in [5.74, 6) is -0.995. The molecule has 1 N–H and O–H groups in total. The van der Waals surface area contributed by atoms with Crippen molar-refractivity contribution in [3.63, 3.8) is 0 Å². The molecule has 0 atom stereocenters. The lowest BCUT2D eigenvalue weighted by Crippen LogP contribution is -2.20. The SMILES string of the molecule is Cc1ccc2nc(NC(=O)COC(=O)c3ccncc3)sc2c1. The van der Waals surface area contributed by atoms with Crippen molar-refractivity contribution < 1.29 is 14.3 Å². The number of pyridine rings is 1. The van der Waals surface area contributed by atoms with Gasteiger partial charge in [0.2, 0.25) is 0 Å². The maximum atomic E-state index is 11.9. The highest BCUT2D eigenvalue weighted by atomic mass is 32.1. The molecule has 0 aliphatic heterocycles. The maximum Gasteiger partial charge on any atom is 0.338 e. The van der Waals surface area contributed by atoms with Gasteiger partial charge in [-0.25, -0.2) is 9.78 Å². The first-order chi connectivity index (χ1) is 11.1. The molecule has 23 heavy (non-hydrogen) atoms. The molecule has 2 heterocycles. The molecule has 3 rings (SSSR count). The van der Waals surface area contributed by atoms with Gasteiger partial charge in [-0.2, -0.15) is 0 Å². The highest BCUT2D eigenvalue weighted by Gasteiger charge is 2.12. The fourth-order valence-electron chi connectivity index (χ4n) is 1.94. The summed E-state index contributed by atoms with van der Waals surface area (Å²) in [7, 11) is 0. The number of nitrogens with one attached hydrogen (secondary N) is 1. The number of amides is 1. The van der Waals surface area contributed by atoms with Crippen LogP contribution in [-0.4, -0.2) is 28.5 Å². The van der Waals surface area contributed by atoms with Crippen LogP contribution in [0.5, 0.6) is 0 Å². The van der Waals surface area contributed by atoms with Gasteiger partial charge in [0.1, 0.15) is 0 Å². The third kappa shape index (κ3) is 3.70. The average Bonchev–Trinajstić information content (AvgIpc) is 2.94. The van der Waals surface area contributed by atoms with Crippen molar-refractivity contribution >= 4 is 38.6 Å². The number of thiazole rings is 1. The van der Waals surface area contributed by atoms with E-state index in [0.29, 0.717) is 10.7 Å². The quantitative estimate of drug-likeness (QED) is 0.745.